The first-order chi connectivity index (χ1) is 10.0. The zero-order valence-corrected chi connectivity index (χ0v) is 13.0. The summed E-state index contributed by atoms with van der Waals surface area (Å²) in [6.07, 6.45) is 1.34. The molecule has 0 radical (unpaired) electrons. The highest BCUT2D eigenvalue weighted by molar-refractivity contribution is 6.35. The van der Waals surface area contributed by atoms with Gasteiger partial charge in [0.1, 0.15) is 5.56 Å². The van der Waals surface area contributed by atoms with Crippen LogP contribution in [0.3, 0.4) is 0 Å². The van der Waals surface area contributed by atoms with Crippen molar-refractivity contribution in [1.29, 1.82) is 0 Å². The van der Waals surface area contributed by atoms with Gasteiger partial charge < -0.3 is 14.6 Å². The molecule has 0 aliphatic rings. The van der Waals surface area contributed by atoms with Crippen LogP contribution in [0, 0.1) is 0 Å². The Bertz CT molecular complexity index is 643. The van der Waals surface area contributed by atoms with Crippen molar-refractivity contribution >= 4 is 29.2 Å². The Morgan fingerprint density at radius 1 is 1.48 bits per heavy atom. The van der Waals surface area contributed by atoms with Crippen LogP contribution in [0.15, 0.2) is 28.9 Å². The lowest BCUT2D eigenvalue weighted by atomic mass is 10.1. The van der Waals surface area contributed by atoms with Crippen molar-refractivity contribution in [2.45, 2.75) is 19.5 Å². The number of carbonyl (C=O) groups excluding carboxylic acids is 1. The zero-order chi connectivity index (χ0) is 15.4. The van der Waals surface area contributed by atoms with Crippen LogP contribution in [0.2, 0.25) is 10.0 Å². The molecular weight excluding hydrogens is 315 g/mol. The van der Waals surface area contributed by atoms with Crippen LogP contribution in [-0.4, -0.2) is 18.2 Å². The van der Waals surface area contributed by atoms with E-state index in [-0.39, 0.29) is 6.04 Å². The third-order valence-corrected chi connectivity index (χ3v) is 3.61. The largest absolute Gasteiger partial charge is 0.465 e. The first-order valence-electron chi connectivity index (χ1n) is 6.23. The lowest BCUT2D eigenvalue weighted by Crippen LogP contribution is -2.19. The third kappa shape index (κ3) is 3.75. The van der Waals surface area contributed by atoms with Crippen molar-refractivity contribution in [1.82, 2.24) is 10.5 Å². The van der Waals surface area contributed by atoms with Crippen LogP contribution in [0.4, 0.5) is 0 Å². The van der Waals surface area contributed by atoms with Gasteiger partial charge in [0.25, 0.3) is 0 Å². The van der Waals surface area contributed by atoms with E-state index in [0.29, 0.717) is 27.9 Å². The Balaban J connectivity index is 2.06. The van der Waals surface area contributed by atoms with Crippen LogP contribution >= 0.6 is 23.2 Å². The van der Waals surface area contributed by atoms with Gasteiger partial charge in [0.2, 0.25) is 0 Å². The van der Waals surface area contributed by atoms with Gasteiger partial charge in [-0.05, 0) is 24.6 Å². The van der Waals surface area contributed by atoms with Gasteiger partial charge in [0, 0.05) is 16.1 Å². The molecule has 1 aromatic heterocycles. The van der Waals surface area contributed by atoms with Crippen molar-refractivity contribution in [3.63, 3.8) is 0 Å². The fraction of sp³-hybridized carbons (Fsp3) is 0.286. The molecular formula is C14H14Cl2N2O3. The van der Waals surface area contributed by atoms with E-state index in [1.165, 1.54) is 13.3 Å². The molecule has 0 fully saturated rings. The second kappa shape index (κ2) is 6.93. The number of hydrogen-bond donors (Lipinski definition) is 1. The molecule has 0 saturated carbocycles. The molecule has 0 spiro atoms. The molecule has 0 aliphatic carbocycles. The van der Waals surface area contributed by atoms with Crippen LogP contribution in [0.1, 0.15) is 34.6 Å². The number of nitrogens with zero attached hydrogens (tertiary/aromatic N) is 1. The monoisotopic (exact) mass is 328 g/mol. The van der Waals surface area contributed by atoms with E-state index in [0.717, 1.165) is 5.56 Å². The molecule has 2 aromatic rings. The molecule has 0 saturated heterocycles. The molecule has 5 nitrogen and oxygen atoms in total. The summed E-state index contributed by atoms with van der Waals surface area (Å²) in [7, 11) is 1.31. The summed E-state index contributed by atoms with van der Waals surface area (Å²) in [6, 6.07) is 5.26. The predicted molar refractivity (Wildman–Crippen MR) is 79.6 cm³/mol. The number of hydrogen-bond acceptors (Lipinski definition) is 5. The summed E-state index contributed by atoms with van der Waals surface area (Å²) in [5.74, 6) is -0.0657. The number of nitrogens with one attached hydrogen (secondary N) is 1. The Labute approximate surface area is 132 Å². The highest BCUT2D eigenvalue weighted by Crippen LogP contribution is 2.26. The topological polar surface area (TPSA) is 64.4 Å². The molecule has 1 heterocycles. The molecule has 0 unspecified atom stereocenters. The molecule has 0 aliphatic heterocycles. The first kappa shape index (κ1) is 15.8. The standard InChI is InChI=1S/C14H14Cl2N2O3/c1-8(10-4-3-9(15)5-12(10)16)17-7-13-11(6-18-21-13)14(19)20-2/h3-6,8,17H,7H2,1-2H3/t8-/m1/s1. The summed E-state index contributed by atoms with van der Waals surface area (Å²) in [5.41, 5.74) is 1.21. The maximum absolute atomic E-state index is 11.5. The SMILES string of the molecule is COC(=O)c1cnoc1CN[C@H](C)c1ccc(Cl)cc1Cl. The average molecular weight is 329 g/mol. The summed E-state index contributed by atoms with van der Waals surface area (Å²) >= 11 is 12.0. The van der Waals surface area contributed by atoms with Crippen LogP contribution in [0.5, 0.6) is 0 Å². The third-order valence-electron chi connectivity index (χ3n) is 3.05. The van der Waals surface area contributed by atoms with Crippen molar-refractivity contribution in [3.05, 3.63) is 51.3 Å². The molecule has 1 atom stereocenters. The summed E-state index contributed by atoms with van der Waals surface area (Å²) in [4.78, 5) is 11.5. The lowest BCUT2D eigenvalue weighted by Gasteiger charge is -2.15. The molecule has 21 heavy (non-hydrogen) atoms. The fourth-order valence-electron chi connectivity index (χ4n) is 1.88. The number of benzene rings is 1. The van der Waals surface area contributed by atoms with Crippen molar-refractivity contribution in [2.24, 2.45) is 0 Å². The van der Waals surface area contributed by atoms with Crippen molar-refractivity contribution in [3.8, 4) is 0 Å². The minimum absolute atomic E-state index is 0.0506. The number of carbonyl (C=O) groups is 1. The second-order valence-corrected chi connectivity index (χ2v) is 5.27. The van der Waals surface area contributed by atoms with Gasteiger partial charge in [0.05, 0.1) is 19.9 Å². The van der Waals surface area contributed by atoms with Gasteiger partial charge in [-0.15, -0.1) is 0 Å². The van der Waals surface area contributed by atoms with Crippen LogP contribution < -0.4 is 5.32 Å². The van der Waals surface area contributed by atoms with E-state index in [1.54, 1.807) is 12.1 Å². The zero-order valence-electron chi connectivity index (χ0n) is 11.5. The van der Waals surface area contributed by atoms with Gasteiger partial charge in [-0.2, -0.15) is 0 Å². The first-order valence-corrected chi connectivity index (χ1v) is 6.98. The number of halogens is 2. The second-order valence-electron chi connectivity index (χ2n) is 4.42. The Hall–Kier alpha value is -1.56. The van der Waals surface area contributed by atoms with Gasteiger partial charge in [-0.1, -0.05) is 34.4 Å². The van der Waals surface area contributed by atoms with Crippen LogP contribution in [-0.2, 0) is 11.3 Å². The molecule has 112 valence electrons. The smallest absolute Gasteiger partial charge is 0.343 e. The van der Waals surface area contributed by atoms with E-state index in [9.17, 15) is 4.79 Å². The highest BCUT2D eigenvalue weighted by Gasteiger charge is 2.18. The maximum atomic E-state index is 11.5. The molecule has 0 bridgehead atoms. The number of ether oxygens (including phenoxy) is 1. The highest BCUT2D eigenvalue weighted by atomic mass is 35.5. The van der Waals surface area contributed by atoms with Gasteiger partial charge in [0.15, 0.2) is 5.76 Å². The minimum Gasteiger partial charge on any atom is -0.465 e. The van der Waals surface area contributed by atoms with E-state index in [2.05, 4.69) is 15.2 Å². The number of rotatable bonds is 5. The summed E-state index contributed by atoms with van der Waals surface area (Å²) in [5, 5.41) is 7.98. The van der Waals surface area contributed by atoms with Crippen molar-refractivity contribution < 1.29 is 14.1 Å². The Kier molecular flexibility index (Phi) is 5.22. The number of esters is 1. The predicted octanol–water partition coefficient (Wildman–Crippen LogP) is 3.62. The molecule has 2 rings (SSSR count). The lowest BCUT2D eigenvalue weighted by molar-refractivity contribution is 0.0598. The Morgan fingerprint density at radius 2 is 2.24 bits per heavy atom. The van der Waals surface area contributed by atoms with E-state index in [1.807, 2.05) is 13.0 Å². The minimum atomic E-state index is -0.481. The van der Waals surface area contributed by atoms with Crippen LogP contribution in [0.25, 0.3) is 0 Å². The summed E-state index contributed by atoms with van der Waals surface area (Å²) in [6.45, 7) is 2.27. The maximum Gasteiger partial charge on any atom is 0.343 e. The number of methoxy groups -OCH3 is 1. The normalized spacial score (nSPS) is 12.2. The van der Waals surface area contributed by atoms with E-state index in [4.69, 9.17) is 27.7 Å². The van der Waals surface area contributed by atoms with E-state index >= 15 is 0 Å². The molecule has 1 N–H and O–H groups in total. The van der Waals surface area contributed by atoms with Gasteiger partial charge in [-0.3, -0.25) is 0 Å². The molecule has 7 heteroatoms. The quantitative estimate of drug-likeness (QED) is 0.849. The van der Waals surface area contributed by atoms with Gasteiger partial charge in [-0.25, -0.2) is 4.79 Å². The summed E-state index contributed by atoms with van der Waals surface area (Å²) < 4.78 is 9.71. The fourth-order valence-corrected chi connectivity index (χ4v) is 2.45. The molecule has 1 aromatic carbocycles. The average Bonchev–Trinajstić information content (AvgIpc) is 2.92. The van der Waals surface area contributed by atoms with Gasteiger partial charge >= 0.3 is 5.97 Å². The van der Waals surface area contributed by atoms with E-state index < -0.39 is 5.97 Å². The molecule has 0 amide bonds. The Morgan fingerprint density at radius 3 is 2.90 bits per heavy atom. The van der Waals surface area contributed by atoms with Crippen molar-refractivity contribution in [2.75, 3.05) is 7.11 Å². The number of aromatic nitrogens is 1.